The number of hydrogen-bond donors (Lipinski definition) is 2. The summed E-state index contributed by atoms with van der Waals surface area (Å²) in [4.78, 5) is 39.0. The monoisotopic (exact) mass is 477 g/mol. The van der Waals surface area contributed by atoms with Gasteiger partial charge in [0.15, 0.2) is 0 Å². The van der Waals surface area contributed by atoms with Crippen molar-refractivity contribution in [1.82, 2.24) is 5.32 Å². The number of benzene rings is 2. The van der Waals surface area contributed by atoms with Gasteiger partial charge in [-0.25, -0.2) is 0 Å². The summed E-state index contributed by atoms with van der Waals surface area (Å²) in [5.41, 5.74) is 1.49. The van der Waals surface area contributed by atoms with Gasteiger partial charge < -0.3 is 15.5 Å². The van der Waals surface area contributed by atoms with E-state index in [9.17, 15) is 14.4 Å². The molecule has 0 aromatic heterocycles. The van der Waals surface area contributed by atoms with Crippen LogP contribution < -0.4 is 15.5 Å². The van der Waals surface area contributed by atoms with Gasteiger partial charge in [-0.15, -0.1) is 0 Å². The molecule has 1 fully saturated rings. The van der Waals surface area contributed by atoms with E-state index >= 15 is 0 Å². The van der Waals surface area contributed by atoms with E-state index in [0.29, 0.717) is 16.3 Å². The summed E-state index contributed by atoms with van der Waals surface area (Å²) in [5, 5.41) is 5.89. The van der Waals surface area contributed by atoms with Crippen LogP contribution in [0.1, 0.15) is 30.6 Å². The lowest BCUT2D eigenvalue weighted by molar-refractivity contribution is -0.122. The van der Waals surface area contributed by atoms with Crippen LogP contribution in [-0.2, 0) is 9.59 Å². The van der Waals surface area contributed by atoms with Crippen LogP contribution in [0, 0.1) is 5.92 Å². The first-order valence-corrected chi connectivity index (χ1v) is 10.4. The van der Waals surface area contributed by atoms with Crippen LogP contribution in [-0.4, -0.2) is 30.3 Å². The van der Waals surface area contributed by atoms with Crippen molar-refractivity contribution in [2.24, 2.45) is 5.92 Å². The first-order valence-electron chi connectivity index (χ1n) is 9.22. The highest BCUT2D eigenvalue weighted by atomic mass is 79.9. The van der Waals surface area contributed by atoms with Crippen LogP contribution in [0.15, 0.2) is 46.9 Å². The van der Waals surface area contributed by atoms with E-state index in [1.165, 1.54) is 0 Å². The molecule has 2 N–H and O–H groups in total. The Morgan fingerprint density at radius 2 is 1.97 bits per heavy atom. The Morgan fingerprint density at radius 1 is 1.21 bits per heavy atom. The first-order chi connectivity index (χ1) is 13.7. The zero-order valence-corrected chi connectivity index (χ0v) is 18.4. The molecule has 1 heterocycles. The summed E-state index contributed by atoms with van der Waals surface area (Å²) in [6.45, 7) is 4.02. The maximum atomic E-state index is 12.8. The molecule has 1 unspecified atom stereocenters. The lowest BCUT2D eigenvalue weighted by Crippen LogP contribution is -2.30. The zero-order valence-electron chi connectivity index (χ0n) is 16.0. The highest BCUT2D eigenvalue weighted by molar-refractivity contribution is 9.10. The van der Waals surface area contributed by atoms with Crippen LogP contribution in [0.2, 0.25) is 5.02 Å². The van der Waals surface area contributed by atoms with E-state index in [0.717, 1.165) is 10.2 Å². The van der Waals surface area contributed by atoms with Gasteiger partial charge in [0.25, 0.3) is 5.91 Å². The molecule has 3 rings (SSSR count). The maximum absolute atomic E-state index is 12.8. The largest absolute Gasteiger partial charge is 0.350 e. The van der Waals surface area contributed by atoms with Gasteiger partial charge in [0.1, 0.15) is 0 Å². The van der Waals surface area contributed by atoms with Gasteiger partial charge in [0.05, 0.1) is 16.6 Å². The van der Waals surface area contributed by atoms with Crippen LogP contribution in [0.3, 0.4) is 0 Å². The second-order valence-corrected chi connectivity index (χ2v) is 8.52. The molecule has 1 saturated heterocycles. The molecule has 29 heavy (non-hydrogen) atoms. The van der Waals surface area contributed by atoms with Gasteiger partial charge in [0.2, 0.25) is 11.8 Å². The van der Waals surface area contributed by atoms with E-state index in [4.69, 9.17) is 11.6 Å². The van der Waals surface area contributed by atoms with E-state index < -0.39 is 5.92 Å². The molecule has 2 aromatic rings. The Morgan fingerprint density at radius 3 is 2.66 bits per heavy atom. The van der Waals surface area contributed by atoms with Gasteiger partial charge in [0, 0.05) is 34.7 Å². The molecule has 2 aromatic carbocycles. The minimum atomic E-state index is -0.509. The van der Waals surface area contributed by atoms with Crippen molar-refractivity contribution in [2.45, 2.75) is 26.3 Å². The number of hydrogen-bond acceptors (Lipinski definition) is 3. The molecule has 152 valence electrons. The summed E-state index contributed by atoms with van der Waals surface area (Å²) in [7, 11) is 0. The number of nitrogens with one attached hydrogen (secondary N) is 2. The minimum Gasteiger partial charge on any atom is -0.350 e. The third-order valence-corrected chi connectivity index (χ3v) is 5.34. The van der Waals surface area contributed by atoms with Crippen molar-refractivity contribution in [3.63, 3.8) is 0 Å². The van der Waals surface area contributed by atoms with Crippen LogP contribution >= 0.6 is 27.5 Å². The highest BCUT2D eigenvalue weighted by Gasteiger charge is 2.35. The van der Waals surface area contributed by atoms with Crippen molar-refractivity contribution < 1.29 is 14.4 Å². The average molecular weight is 479 g/mol. The molecular formula is C21H21BrClN3O3. The standard InChI is InChI=1S/C21H21BrClN3O3/c1-12(2)24-20(28)13-6-7-17(23)18(8-13)25-21(29)14-9-19(27)26(11-14)16-5-3-4-15(22)10-16/h3-8,10,12,14H,9,11H2,1-2H3,(H,24,28)(H,25,29). The predicted octanol–water partition coefficient (Wildman–Crippen LogP) is 4.23. The molecule has 0 spiro atoms. The molecular weight excluding hydrogens is 458 g/mol. The third kappa shape index (κ3) is 5.16. The van der Waals surface area contributed by atoms with Gasteiger partial charge in [-0.1, -0.05) is 33.6 Å². The highest BCUT2D eigenvalue weighted by Crippen LogP contribution is 2.29. The Kier molecular flexibility index (Phi) is 6.59. The number of anilines is 2. The van der Waals surface area contributed by atoms with Crippen LogP contribution in [0.25, 0.3) is 0 Å². The molecule has 6 nitrogen and oxygen atoms in total. The molecule has 0 bridgehead atoms. The molecule has 3 amide bonds. The number of amides is 3. The zero-order chi connectivity index (χ0) is 21.1. The minimum absolute atomic E-state index is 0.00951. The quantitative estimate of drug-likeness (QED) is 0.675. The summed E-state index contributed by atoms with van der Waals surface area (Å²) < 4.78 is 0.860. The van der Waals surface area contributed by atoms with E-state index in [-0.39, 0.29) is 36.7 Å². The fourth-order valence-electron chi connectivity index (χ4n) is 3.12. The fourth-order valence-corrected chi connectivity index (χ4v) is 3.67. The van der Waals surface area contributed by atoms with E-state index in [1.807, 2.05) is 38.1 Å². The average Bonchev–Trinajstić information content (AvgIpc) is 3.05. The third-order valence-electron chi connectivity index (χ3n) is 4.52. The number of nitrogens with zero attached hydrogens (tertiary/aromatic N) is 1. The van der Waals surface area contributed by atoms with Crippen LogP contribution in [0.4, 0.5) is 11.4 Å². The molecule has 1 aliphatic rings. The van der Waals surface area contributed by atoms with E-state index in [1.54, 1.807) is 23.1 Å². The van der Waals surface area contributed by atoms with Crippen molar-refractivity contribution in [1.29, 1.82) is 0 Å². The summed E-state index contributed by atoms with van der Waals surface area (Å²) in [5.74, 6) is -1.17. The Hall–Kier alpha value is -2.38. The normalized spacial score (nSPS) is 16.2. The predicted molar refractivity (Wildman–Crippen MR) is 117 cm³/mol. The second-order valence-electron chi connectivity index (χ2n) is 7.20. The summed E-state index contributed by atoms with van der Waals surface area (Å²) >= 11 is 9.59. The molecule has 0 saturated carbocycles. The SMILES string of the molecule is CC(C)NC(=O)c1ccc(Cl)c(NC(=O)C2CC(=O)N(c3cccc(Br)c3)C2)c1. The number of carbonyl (C=O) groups excluding carboxylic acids is 3. The lowest BCUT2D eigenvalue weighted by Gasteiger charge is -2.17. The van der Waals surface area contributed by atoms with Crippen molar-refractivity contribution in [3.8, 4) is 0 Å². The van der Waals surface area contributed by atoms with Crippen molar-refractivity contribution in [2.75, 3.05) is 16.8 Å². The molecule has 1 aliphatic heterocycles. The Bertz CT molecular complexity index is 964. The van der Waals surface area contributed by atoms with Crippen molar-refractivity contribution in [3.05, 3.63) is 57.5 Å². The Labute approximate surface area is 182 Å². The van der Waals surface area contributed by atoms with Gasteiger partial charge in [-0.05, 0) is 50.2 Å². The smallest absolute Gasteiger partial charge is 0.251 e. The Balaban J connectivity index is 1.72. The molecule has 8 heteroatoms. The first kappa shape index (κ1) is 21.3. The van der Waals surface area contributed by atoms with Gasteiger partial charge in [-0.3, -0.25) is 14.4 Å². The van der Waals surface area contributed by atoms with Gasteiger partial charge in [-0.2, -0.15) is 0 Å². The van der Waals surface area contributed by atoms with E-state index in [2.05, 4.69) is 26.6 Å². The number of halogens is 2. The fraction of sp³-hybridized carbons (Fsp3) is 0.286. The summed E-state index contributed by atoms with van der Waals surface area (Å²) in [6, 6.07) is 12.1. The molecule has 0 radical (unpaired) electrons. The second kappa shape index (κ2) is 8.97. The number of rotatable bonds is 5. The van der Waals surface area contributed by atoms with Gasteiger partial charge >= 0.3 is 0 Å². The van der Waals surface area contributed by atoms with Crippen molar-refractivity contribution >= 4 is 56.6 Å². The van der Waals surface area contributed by atoms with Crippen LogP contribution in [0.5, 0.6) is 0 Å². The molecule has 0 aliphatic carbocycles. The molecule has 1 atom stereocenters. The topological polar surface area (TPSA) is 78.5 Å². The number of carbonyl (C=O) groups is 3. The lowest BCUT2D eigenvalue weighted by atomic mass is 10.1. The summed E-state index contributed by atoms with van der Waals surface area (Å²) in [6.07, 6.45) is 0.115. The maximum Gasteiger partial charge on any atom is 0.251 e.